The first-order valence-corrected chi connectivity index (χ1v) is 30.7. The van der Waals surface area contributed by atoms with Crippen LogP contribution in [0.1, 0.15) is 265 Å². The zero-order valence-corrected chi connectivity index (χ0v) is 48.5. The lowest BCUT2D eigenvalue weighted by atomic mass is 10.1. The SMILES string of the molecule is CC/C=C\C/C=C\C/C=C\C/C=C\C/C=C\C/C=C\C/C=C\CCCCCCCC(=O)OCC(COC(=O)CCCCCCC/C=C\CCCCCC)OC(=O)CCCCCCCCC/C=C\C/C=C\C/C=C\CC. The van der Waals surface area contributed by atoms with Gasteiger partial charge in [-0.1, -0.05) is 244 Å². The van der Waals surface area contributed by atoms with Crippen LogP contribution in [0.3, 0.4) is 0 Å². The molecule has 1 atom stereocenters. The minimum Gasteiger partial charge on any atom is -0.462 e. The summed E-state index contributed by atoms with van der Waals surface area (Å²) in [4.78, 5) is 38.2. The topological polar surface area (TPSA) is 78.9 Å². The molecule has 0 aromatic carbocycles. The molecule has 0 fully saturated rings. The molecule has 0 aliphatic rings. The Morgan fingerprint density at radius 1 is 0.280 bits per heavy atom. The van der Waals surface area contributed by atoms with Gasteiger partial charge in [-0.2, -0.15) is 0 Å². The number of carbonyl (C=O) groups excluding carboxylic acids is 3. The summed E-state index contributed by atoms with van der Waals surface area (Å²) in [6.45, 7) is 6.37. The molecule has 0 aliphatic heterocycles. The standard InChI is InChI=1S/C69H112O6/c1-4-7-10-13-16-19-22-25-27-29-30-31-32-33-34-35-36-37-38-40-41-44-47-50-53-56-59-62-68(71)74-65-66(64-73-67(70)61-58-55-52-49-46-43-24-21-18-15-12-9-6-3)75-69(72)63-60-57-54-51-48-45-42-39-28-26-23-20-17-14-11-8-5-2/h7-8,10-11,16-17,19-21,24-28,30-31,33-34,36-37,40-41,66H,4-6,9,12-15,18,22-23,29,32,35,38-39,42-65H2,1-3H3/b10-7-,11-8-,19-16-,20-17-,24-21-,27-25-,28-26-,31-30-,34-33-,37-36-,41-40-. The molecular weight excluding hydrogens is 925 g/mol. The highest BCUT2D eigenvalue weighted by molar-refractivity contribution is 5.71. The fourth-order valence-electron chi connectivity index (χ4n) is 8.08. The number of ether oxygens (including phenoxy) is 3. The van der Waals surface area contributed by atoms with E-state index < -0.39 is 6.10 Å². The van der Waals surface area contributed by atoms with E-state index in [4.69, 9.17) is 14.2 Å². The molecule has 0 radical (unpaired) electrons. The average molecular weight is 1040 g/mol. The Kier molecular flexibility index (Phi) is 58.4. The minimum absolute atomic E-state index is 0.0962. The van der Waals surface area contributed by atoms with Crippen LogP contribution < -0.4 is 0 Å². The number of esters is 3. The Morgan fingerprint density at radius 2 is 0.520 bits per heavy atom. The molecule has 424 valence electrons. The summed E-state index contributed by atoms with van der Waals surface area (Å²) in [5.41, 5.74) is 0. The van der Waals surface area contributed by atoms with Gasteiger partial charge in [0.1, 0.15) is 13.2 Å². The summed E-state index contributed by atoms with van der Waals surface area (Å²) in [6, 6.07) is 0. The zero-order chi connectivity index (χ0) is 54.3. The van der Waals surface area contributed by atoms with Gasteiger partial charge in [-0.25, -0.2) is 0 Å². The lowest BCUT2D eigenvalue weighted by Gasteiger charge is -2.18. The molecule has 75 heavy (non-hydrogen) atoms. The quantitative estimate of drug-likeness (QED) is 0.0261. The molecule has 1 unspecified atom stereocenters. The van der Waals surface area contributed by atoms with E-state index in [-0.39, 0.29) is 31.1 Å². The average Bonchev–Trinajstić information content (AvgIpc) is 3.41. The Morgan fingerprint density at radius 3 is 0.827 bits per heavy atom. The number of hydrogen-bond acceptors (Lipinski definition) is 6. The zero-order valence-electron chi connectivity index (χ0n) is 48.5. The third-order valence-corrected chi connectivity index (χ3v) is 12.6. The predicted molar refractivity (Wildman–Crippen MR) is 325 cm³/mol. The van der Waals surface area contributed by atoms with Crippen molar-refractivity contribution in [3.05, 3.63) is 134 Å². The maximum absolute atomic E-state index is 12.9. The van der Waals surface area contributed by atoms with Gasteiger partial charge >= 0.3 is 17.9 Å². The molecule has 0 saturated carbocycles. The Labute approximate surface area is 462 Å². The van der Waals surface area contributed by atoms with Crippen molar-refractivity contribution >= 4 is 17.9 Å². The van der Waals surface area contributed by atoms with E-state index in [2.05, 4.69) is 154 Å². The molecule has 0 aliphatic carbocycles. The Bertz CT molecular complexity index is 1620. The van der Waals surface area contributed by atoms with Crippen molar-refractivity contribution in [1.82, 2.24) is 0 Å². The van der Waals surface area contributed by atoms with Crippen molar-refractivity contribution < 1.29 is 28.6 Å². The molecule has 6 heteroatoms. The van der Waals surface area contributed by atoms with Gasteiger partial charge in [0.15, 0.2) is 6.10 Å². The molecule has 0 aromatic rings. The third kappa shape index (κ3) is 60.3. The molecule has 0 saturated heterocycles. The van der Waals surface area contributed by atoms with Crippen LogP contribution in [0.25, 0.3) is 0 Å². The van der Waals surface area contributed by atoms with Gasteiger partial charge in [0, 0.05) is 19.3 Å². The second kappa shape index (κ2) is 62.1. The third-order valence-electron chi connectivity index (χ3n) is 12.6. The first-order chi connectivity index (χ1) is 37.0. The molecule has 0 N–H and O–H groups in total. The molecule has 0 aromatic heterocycles. The molecule has 0 amide bonds. The van der Waals surface area contributed by atoms with Gasteiger partial charge in [-0.15, -0.1) is 0 Å². The van der Waals surface area contributed by atoms with E-state index in [1.54, 1.807) is 0 Å². The number of unbranched alkanes of at least 4 members (excludes halogenated alkanes) is 21. The van der Waals surface area contributed by atoms with Crippen molar-refractivity contribution in [2.45, 2.75) is 271 Å². The van der Waals surface area contributed by atoms with Crippen LogP contribution in [0.5, 0.6) is 0 Å². The van der Waals surface area contributed by atoms with Crippen molar-refractivity contribution in [3.63, 3.8) is 0 Å². The fourth-order valence-corrected chi connectivity index (χ4v) is 8.08. The van der Waals surface area contributed by atoms with Gasteiger partial charge in [-0.05, 0) is 135 Å². The smallest absolute Gasteiger partial charge is 0.306 e. The summed E-state index contributed by atoms with van der Waals surface area (Å²) in [5, 5.41) is 0. The van der Waals surface area contributed by atoms with E-state index in [0.29, 0.717) is 19.3 Å². The number of allylic oxidation sites excluding steroid dienone is 22. The highest BCUT2D eigenvalue weighted by atomic mass is 16.6. The number of carbonyl (C=O) groups is 3. The van der Waals surface area contributed by atoms with Crippen LogP contribution in [-0.4, -0.2) is 37.2 Å². The minimum atomic E-state index is -0.800. The van der Waals surface area contributed by atoms with E-state index in [1.807, 2.05) is 0 Å². The van der Waals surface area contributed by atoms with E-state index in [0.717, 1.165) is 161 Å². The van der Waals surface area contributed by atoms with E-state index in [9.17, 15) is 14.4 Å². The van der Waals surface area contributed by atoms with Crippen molar-refractivity contribution in [2.24, 2.45) is 0 Å². The normalized spacial score (nSPS) is 13.1. The Hall–Kier alpha value is -4.45. The maximum Gasteiger partial charge on any atom is 0.306 e. The van der Waals surface area contributed by atoms with E-state index in [1.165, 1.54) is 64.2 Å². The van der Waals surface area contributed by atoms with Crippen LogP contribution in [0.2, 0.25) is 0 Å². The van der Waals surface area contributed by atoms with Crippen LogP contribution in [0.15, 0.2) is 134 Å². The first kappa shape index (κ1) is 70.5. The predicted octanol–water partition coefficient (Wildman–Crippen LogP) is 21.0. The summed E-state index contributed by atoms with van der Waals surface area (Å²) in [7, 11) is 0. The lowest BCUT2D eigenvalue weighted by Crippen LogP contribution is -2.30. The van der Waals surface area contributed by atoms with E-state index >= 15 is 0 Å². The molecule has 0 spiro atoms. The van der Waals surface area contributed by atoms with Gasteiger partial charge in [0.2, 0.25) is 0 Å². The first-order valence-electron chi connectivity index (χ1n) is 30.7. The maximum atomic E-state index is 12.9. The summed E-state index contributed by atoms with van der Waals surface area (Å²) >= 11 is 0. The Balaban J connectivity index is 4.41. The molecule has 0 bridgehead atoms. The molecule has 0 rings (SSSR count). The van der Waals surface area contributed by atoms with Crippen LogP contribution >= 0.6 is 0 Å². The number of rotatable bonds is 54. The van der Waals surface area contributed by atoms with Crippen LogP contribution in [0.4, 0.5) is 0 Å². The van der Waals surface area contributed by atoms with Crippen molar-refractivity contribution in [2.75, 3.05) is 13.2 Å². The second-order valence-electron chi connectivity index (χ2n) is 19.8. The van der Waals surface area contributed by atoms with Gasteiger partial charge < -0.3 is 14.2 Å². The second-order valence-corrected chi connectivity index (χ2v) is 19.8. The largest absolute Gasteiger partial charge is 0.462 e. The lowest BCUT2D eigenvalue weighted by molar-refractivity contribution is -0.167. The highest BCUT2D eigenvalue weighted by Gasteiger charge is 2.19. The molecular formula is C69H112O6. The van der Waals surface area contributed by atoms with Gasteiger partial charge in [-0.3, -0.25) is 14.4 Å². The summed E-state index contributed by atoms with van der Waals surface area (Å²) in [5.74, 6) is -0.935. The van der Waals surface area contributed by atoms with Gasteiger partial charge in [0.05, 0.1) is 0 Å². The van der Waals surface area contributed by atoms with Gasteiger partial charge in [0.25, 0.3) is 0 Å². The molecule has 0 heterocycles. The number of hydrogen-bond donors (Lipinski definition) is 0. The summed E-state index contributed by atoms with van der Waals surface area (Å²) in [6.07, 6.45) is 87.3. The van der Waals surface area contributed by atoms with Crippen molar-refractivity contribution in [1.29, 1.82) is 0 Å². The fraction of sp³-hybridized carbons (Fsp3) is 0.638. The van der Waals surface area contributed by atoms with Crippen LogP contribution in [0, 0.1) is 0 Å². The molecule has 6 nitrogen and oxygen atoms in total. The monoisotopic (exact) mass is 1040 g/mol. The van der Waals surface area contributed by atoms with Crippen molar-refractivity contribution in [3.8, 4) is 0 Å². The van der Waals surface area contributed by atoms with Crippen LogP contribution in [-0.2, 0) is 28.6 Å². The summed E-state index contributed by atoms with van der Waals surface area (Å²) < 4.78 is 16.9. The highest BCUT2D eigenvalue weighted by Crippen LogP contribution is 2.14.